The second-order valence-corrected chi connectivity index (χ2v) is 5.47. The van der Waals surface area contributed by atoms with Crippen molar-refractivity contribution in [2.24, 2.45) is 0 Å². The Morgan fingerprint density at radius 2 is 2.00 bits per heavy atom. The number of hydrogen-bond donors (Lipinski definition) is 1. The zero-order valence-corrected chi connectivity index (χ0v) is 11.4. The largest absolute Gasteiger partial charge is 0.378 e. The molecule has 0 amide bonds. The van der Waals surface area contributed by atoms with Crippen LogP contribution in [0.5, 0.6) is 0 Å². The lowest BCUT2D eigenvalue weighted by Gasteiger charge is -2.27. The number of halogens is 2. The van der Waals surface area contributed by atoms with Crippen LogP contribution in [0.3, 0.4) is 0 Å². The summed E-state index contributed by atoms with van der Waals surface area (Å²) in [6.07, 6.45) is 1.89. The van der Waals surface area contributed by atoms with Crippen molar-refractivity contribution in [2.45, 2.75) is 18.9 Å². The van der Waals surface area contributed by atoms with Crippen LogP contribution >= 0.6 is 15.9 Å². The summed E-state index contributed by atoms with van der Waals surface area (Å²) in [4.78, 5) is 0. The van der Waals surface area contributed by atoms with Crippen LogP contribution in [0.4, 0.5) is 10.1 Å². The Balaban J connectivity index is 1.92. The molecule has 1 heterocycles. The zero-order valence-electron chi connectivity index (χ0n) is 9.79. The van der Waals surface area contributed by atoms with Gasteiger partial charge < -0.3 is 5.32 Å². The highest BCUT2D eigenvalue weighted by Crippen LogP contribution is 2.34. The van der Waals surface area contributed by atoms with Gasteiger partial charge in [0.2, 0.25) is 0 Å². The third-order valence-corrected chi connectivity index (χ3v) is 3.87. The van der Waals surface area contributed by atoms with E-state index < -0.39 is 0 Å². The van der Waals surface area contributed by atoms with Gasteiger partial charge in [0.1, 0.15) is 5.82 Å². The Bertz CT molecular complexity index is 582. The van der Waals surface area contributed by atoms with Crippen molar-refractivity contribution >= 4 is 21.6 Å². The molecule has 3 heteroatoms. The van der Waals surface area contributed by atoms with Gasteiger partial charge >= 0.3 is 0 Å². The fourth-order valence-corrected chi connectivity index (χ4v) is 2.87. The maximum atomic E-state index is 13.8. The van der Waals surface area contributed by atoms with Crippen LogP contribution in [0, 0.1) is 5.82 Å². The summed E-state index contributed by atoms with van der Waals surface area (Å²) < 4.78 is 14.9. The second-order valence-electron chi connectivity index (χ2n) is 4.56. The molecular weight excluding hydrogens is 293 g/mol. The predicted molar refractivity (Wildman–Crippen MR) is 75.2 cm³/mol. The highest BCUT2D eigenvalue weighted by atomic mass is 79.9. The average Bonchev–Trinajstić information content (AvgIpc) is 2.39. The molecule has 0 bridgehead atoms. The van der Waals surface area contributed by atoms with Gasteiger partial charge in [0.15, 0.2) is 0 Å². The Morgan fingerprint density at radius 1 is 1.17 bits per heavy atom. The molecule has 3 rings (SSSR count). The van der Waals surface area contributed by atoms with E-state index in [4.69, 9.17) is 0 Å². The number of aryl methyl sites for hydroxylation is 1. The molecule has 0 radical (unpaired) electrons. The van der Waals surface area contributed by atoms with Crippen molar-refractivity contribution in [3.63, 3.8) is 0 Å². The molecule has 0 saturated carbocycles. The van der Waals surface area contributed by atoms with E-state index in [9.17, 15) is 4.39 Å². The van der Waals surface area contributed by atoms with Gasteiger partial charge in [-0.15, -0.1) is 0 Å². The van der Waals surface area contributed by atoms with Crippen molar-refractivity contribution in [3.05, 3.63) is 63.9 Å². The smallest absolute Gasteiger partial charge is 0.128 e. The number of benzene rings is 2. The lowest BCUT2D eigenvalue weighted by atomic mass is 9.93. The molecule has 1 unspecified atom stereocenters. The quantitative estimate of drug-likeness (QED) is 0.806. The van der Waals surface area contributed by atoms with Crippen molar-refractivity contribution in [2.75, 3.05) is 5.32 Å². The normalized spacial score (nSPS) is 18.0. The zero-order chi connectivity index (χ0) is 12.5. The topological polar surface area (TPSA) is 12.0 Å². The van der Waals surface area contributed by atoms with Crippen LogP contribution in [-0.4, -0.2) is 0 Å². The van der Waals surface area contributed by atoms with Gasteiger partial charge in [-0.3, -0.25) is 0 Å². The van der Waals surface area contributed by atoms with Crippen molar-refractivity contribution in [1.82, 2.24) is 0 Å². The van der Waals surface area contributed by atoms with Gasteiger partial charge in [0, 0.05) is 15.7 Å². The first-order valence-corrected chi connectivity index (χ1v) is 6.83. The Kier molecular flexibility index (Phi) is 3.08. The monoisotopic (exact) mass is 305 g/mol. The van der Waals surface area contributed by atoms with E-state index in [1.54, 1.807) is 6.07 Å². The van der Waals surface area contributed by atoms with E-state index in [1.165, 1.54) is 11.6 Å². The lowest BCUT2D eigenvalue weighted by Crippen LogP contribution is -2.19. The SMILES string of the molecule is Fc1ccccc1C1CCc2cc(Br)ccc2N1. The summed E-state index contributed by atoms with van der Waals surface area (Å²) in [5, 5.41) is 3.42. The van der Waals surface area contributed by atoms with Crippen LogP contribution in [0.25, 0.3) is 0 Å². The van der Waals surface area contributed by atoms with E-state index in [0.29, 0.717) is 0 Å². The fraction of sp³-hybridized carbons (Fsp3) is 0.200. The molecule has 2 aromatic carbocycles. The van der Waals surface area contributed by atoms with E-state index in [0.717, 1.165) is 28.6 Å². The van der Waals surface area contributed by atoms with Crippen LogP contribution in [-0.2, 0) is 6.42 Å². The standard InChI is InChI=1S/C15H13BrFN/c16-11-6-8-14-10(9-11)5-7-15(18-14)12-3-1-2-4-13(12)17/h1-4,6,8-9,15,18H,5,7H2. The summed E-state index contributed by atoms with van der Waals surface area (Å²) in [7, 11) is 0. The van der Waals surface area contributed by atoms with Crippen LogP contribution in [0.1, 0.15) is 23.6 Å². The molecule has 1 N–H and O–H groups in total. The first kappa shape index (κ1) is 11.7. The number of hydrogen-bond acceptors (Lipinski definition) is 1. The average molecular weight is 306 g/mol. The van der Waals surface area contributed by atoms with E-state index in [-0.39, 0.29) is 11.9 Å². The predicted octanol–water partition coefficient (Wildman–Crippen LogP) is 4.69. The van der Waals surface area contributed by atoms with Crippen molar-refractivity contribution in [3.8, 4) is 0 Å². The molecular formula is C15H13BrFN. The van der Waals surface area contributed by atoms with Gasteiger partial charge in [0.05, 0.1) is 6.04 Å². The van der Waals surface area contributed by atoms with Crippen molar-refractivity contribution < 1.29 is 4.39 Å². The maximum Gasteiger partial charge on any atom is 0.128 e. The Hall–Kier alpha value is -1.35. The van der Waals surface area contributed by atoms with E-state index in [2.05, 4.69) is 27.3 Å². The van der Waals surface area contributed by atoms with Crippen LogP contribution < -0.4 is 5.32 Å². The van der Waals surface area contributed by atoms with Gasteiger partial charge in [-0.2, -0.15) is 0 Å². The molecule has 0 spiro atoms. The fourth-order valence-electron chi connectivity index (χ4n) is 2.46. The summed E-state index contributed by atoms with van der Waals surface area (Å²) in [6, 6.07) is 13.2. The first-order chi connectivity index (χ1) is 8.74. The number of rotatable bonds is 1. The summed E-state index contributed by atoms with van der Waals surface area (Å²) in [6.45, 7) is 0. The Labute approximate surface area is 114 Å². The van der Waals surface area contributed by atoms with Gasteiger partial charge in [-0.25, -0.2) is 4.39 Å². The van der Waals surface area contributed by atoms with Crippen molar-refractivity contribution in [1.29, 1.82) is 0 Å². The van der Waals surface area contributed by atoms with Gasteiger partial charge in [0.25, 0.3) is 0 Å². The van der Waals surface area contributed by atoms with Crippen LogP contribution in [0.15, 0.2) is 46.9 Å². The minimum absolute atomic E-state index is 0.0693. The summed E-state index contributed by atoms with van der Waals surface area (Å²) in [5.74, 6) is -0.129. The van der Waals surface area contributed by atoms with E-state index >= 15 is 0 Å². The number of nitrogens with one attached hydrogen (secondary N) is 1. The number of fused-ring (bicyclic) bond motifs is 1. The molecule has 1 atom stereocenters. The molecule has 0 saturated heterocycles. The molecule has 92 valence electrons. The van der Waals surface area contributed by atoms with E-state index in [1.807, 2.05) is 24.3 Å². The summed E-state index contributed by atoms with van der Waals surface area (Å²) in [5.41, 5.74) is 3.15. The third kappa shape index (κ3) is 2.15. The molecule has 0 aromatic heterocycles. The van der Waals surface area contributed by atoms with Gasteiger partial charge in [-0.05, 0) is 42.7 Å². The van der Waals surface area contributed by atoms with Gasteiger partial charge in [-0.1, -0.05) is 34.1 Å². The molecule has 1 aliphatic heterocycles. The minimum atomic E-state index is -0.129. The second kappa shape index (κ2) is 4.73. The highest BCUT2D eigenvalue weighted by Gasteiger charge is 2.21. The Morgan fingerprint density at radius 3 is 2.83 bits per heavy atom. The molecule has 0 aliphatic carbocycles. The maximum absolute atomic E-state index is 13.8. The van der Waals surface area contributed by atoms with Crippen LogP contribution in [0.2, 0.25) is 0 Å². The first-order valence-electron chi connectivity index (χ1n) is 6.03. The minimum Gasteiger partial charge on any atom is -0.378 e. The lowest BCUT2D eigenvalue weighted by molar-refractivity contribution is 0.572. The molecule has 1 aliphatic rings. The molecule has 2 aromatic rings. The summed E-state index contributed by atoms with van der Waals surface area (Å²) >= 11 is 3.47. The molecule has 1 nitrogen and oxygen atoms in total. The molecule has 0 fully saturated rings. The highest BCUT2D eigenvalue weighted by molar-refractivity contribution is 9.10. The molecule has 18 heavy (non-hydrogen) atoms. The number of anilines is 1. The third-order valence-electron chi connectivity index (χ3n) is 3.38.